The quantitative estimate of drug-likeness (QED) is 0.440. The van der Waals surface area contributed by atoms with E-state index in [1.807, 2.05) is 0 Å². The van der Waals surface area contributed by atoms with E-state index in [0.717, 1.165) is 30.0 Å². The molecule has 3 aromatic rings. The molecule has 0 aliphatic carbocycles. The lowest BCUT2D eigenvalue weighted by atomic mass is 10.2. The molecular weight excluding hydrogens is 422 g/mol. The number of thioether (sulfide) groups is 1. The first-order chi connectivity index (χ1) is 13.2. The van der Waals surface area contributed by atoms with Crippen molar-refractivity contribution in [2.45, 2.75) is 11.4 Å². The van der Waals surface area contributed by atoms with Gasteiger partial charge in [0.2, 0.25) is 5.91 Å². The smallest absolute Gasteiger partial charge is 0.411 e. The number of anilines is 1. The highest BCUT2D eigenvalue weighted by Gasteiger charge is 2.31. The minimum atomic E-state index is -4.56. The van der Waals surface area contributed by atoms with Crippen LogP contribution >= 0.6 is 23.4 Å². The van der Waals surface area contributed by atoms with Crippen LogP contribution in [-0.2, 0) is 11.0 Å². The maximum absolute atomic E-state index is 13.7. The Bertz CT molecular complexity index is 1010. The lowest BCUT2D eigenvalue weighted by Crippen LogP contribution is -2.15. The molecule has 3 rings (SSSR count). The summed E-state index contributed by atoms with van der Waals surface area (Å²) >= 11 is 6.67. The molecule has 0 atom stereocenters. The summed E-state index contributed by atoms with van der Waals surface area (Å²) in [5.74, 6) is -1.45. The van der Waals surface area contributed by atoms with Crippen LogP contribution in [0.15, 0.2) is 52.1 Å². The fraction of sp³-hybridized carbons (Fsp3) is 0.118. The van der Waals surface area contributed by atoms with Crippen molar-refractivity contribution in [1.82, 2.24) is 10.2 Å². The van der Waals surface area contributed by atoms with Gasteiger partial charge in [0.05, 0.1) is 27.6 Å². The molecular formula is C17H10ClF4N3O2S. The van der Waals surface area contributed by atoms with E-state index in [1.165, 1.54) is 18.2 Å². The number of rotatable bonds is 5. The summed E-state index contributed by atoms with van der Waals surface area (Å²) in [6.07, 6.45) is -4.56. The normalized spacial score (nSPS) is 11.5. The number of carbonyl (C=O) groups is 1. The molecule has 0 aliphatic heterocycles. The predicted octanol–water partition coefficient (Wildman–Crippen LogP) is 5.28. The summed E-state index contributed by atoms with van der Waals surface area (Å²) in [7, 11) is 0. The van der Waals surface area contributed by atoms with Crippen LogP contribution in [0.3, 0.4) is 0 Å². The molecule has 28 heavy (non-hydrogen) atoms. The Labute approximate surface area is 165 Å². The topological polar surface area (TPSA) is 68.0 Å². The highest BCUT2D eigenvalue weighted by molar-refractivity contribution is 7.99. The molecule has 1 heterocycles. The second-order valence-corrected chi connectivity index (χ2v) is 6.72. The van der Waals surface area contributed by atoms with Crippen LogP contribution in [0, 0.1) is 5.82 Å². The van der Waals surface area contributed by atoms with E-state index >= 15 is 0 Å². The second kappa shape index (κ2) is 8.19. The average Bonchev–Trinajstić information content (AvgIpc) is 3.10. The summed E-state index contributed by atoms with van der Waals surface area (Å²) in [4.78, 5) is 12.0. The molecule has 0 radical (unpaired) electrons. The first kappa shape index (κ1) is 20.2. The van der Waals surface area contributed by atoms with E-state index in [9.17, 15) is 22.4 Å². The van der Waals surface area contributed by atoms with Crippen LogP contribution in [-0.4, -0.2) is 21.9 Å². The molecule has 1 aromatic heterocycles. The molecule has 0 saturated heterocycles. The van der Waals surface area contributed by atoms with Crippen LogP contribution < -0.4 is 5.32 Å². The number of aromatic nitrogens is 2. The molecule has 0 bridgehead atoms. The Hall–Kier alpha value is -2.59. The molecule has 0 saturated carbocycles. The Balaban J connectivity index is 1.63. The molecule has 2 aromatic carbocycles. The molecule has 11 heteroatoms. The van der Waals surface area contributed by atoms with Crippen molar-refractivity contribution in [2.75, 3.05) is 11.1 Å². The Morgan fingerprint density at radius 2 is 1.93 bits per heavy atom. The number of hydrogen-bond acceptors (Lipinski definition) is 5. The van der Waals surface area contributed by atoms with Crippen molar-refractivity contribution in [1.29, 1.82) is 0 Å². The van der Waals surface area contributed by atoms with Gasteiger partial charge in [-0.1, -0.05) is 35.5 Å². The van der Waals surface area contributed by atoms with Crippen molar-refractivity contribution in [3.05, 3.63) is 58.9 Å². The van der Waals surface area contributed by atoms with Gasteiger partial charge >= 0.3 is 6.18 Å². The molecule has 0 fully saturated rings. The second-order valence-electron chi connectivity index (χ2n) is 5.38. The Morgan fingerprint density at radius 3 is 2.64 bits per heavy atom. The van der Waals surface area contributed by atoms with Gasteiger partial charge in [-0.15, -0.1) is 10.2 Å². The number of hydrogen-bond donors (Lipinski definition) is 1. The number of halogens is 5. The van der Waals surface area contributed by atoms with Crippen LogP contribution in [0.25, 0.3) is 11.5 Å². The number of nitrogens with one attached hydrogen (secondary N) is 1. The fourth-order valence-electron chi connectivity index (χ4n) is 2.12. The van der Waals surface area contributed by atoms with Gasteiger partial charge in [0.15, 0.2) is 0 Å². The Kier molecular flexibility index (Phi) is 5.90. The maximum Gasteiger partial charge on any atom is 0.416 e. The summed E-state index contributed by atoms with van der Waals surface area (Å²) in [6.45, 7) is 0. The van der Waals surface area contributed by atoms with Gasteiger partial charge in [0.1, 0.15) is 5.82 Å². The van der Waals surface area contributed by atoms with Crippen molar-refractivity contribution in [3.8, 4) is 11.5 Å². The highest BCUT2D eigenvalue weighted by Crippen LogP contribution is 2.34. The monoisotopic (exact) mass is 431 g/mol. The van der Waals surface area contributed by atoms with Crippen molar-refractivity contribution in [3.63, 3.8) is 0 Å². The maximum atomic E-state index is 13.7. The average molecular weight is 432 g/mol. The summed E-state index contributed by atoms with van der Waals surface area (Å²) in [5, 5.41) is 9.67. The van der Waals surface area contributed by atoms with E-state index < -0.39 is 23.5 Å². The standard InChI is InChI=1S/C17H10ClF4N3O2S/c18-11-6-5-9(17(20,21)22)7-13(11)23-14(26)8-28-16-25-24-15(27-16)10-3-1-2-4-12(10)19/h1-7H,8H2,(H,23,26). The zero-order chi connectivity index (χ0) is 20.3. The van der Waals surface area contributed by atoms with E-state index in [4.69, 9.17) is 16.0 Å². The number of alkyl halides is 3. The third kappa shape index (κ3) is 4.82. The first-order valence-corrected chi connectivity index (χ1v) is 8.98. The highest BCUT2D eigenvalue weighted by atomic mass is 35.5. The van der Waals surface area contributed by atoms with Gasteiger partial charge in [-0.2, -0.15) is 13.2 Å². The molecule has 146 valence electrons. The molecule has 5 nitrogen and oxygen atoms in total. The number of amides is 1. The van der Waals surface area contributed by atoms with Crippen molar-refractivity contribution >= 4 is 35.0 Å². The number of benzene rings is 2. The lowest BCUT2D eigenvalue weighted by molar-refractivity contribution is -0.137. The summed E-state index contributed by atoms with van der Waals surface area (Å²) < 4.78 is 57.3. The first-order valence-electron chi connectivity index (χ1n) is 7.62. The molecule has 0 unspecified atom stereocenters. The van der Waals surface area contributed by atoms with Crippen molar-refractivity contribution in [2.24, 2.45) is 0 Å². The van der Waals surface area contributed by atoms with Gasteiger partial charge in [0, 0.05) is 0 Å². The number of carbonyl (C=O) groups excluding carboxylic acids is 1. The molecule has 1 amide bonds. The minimum absolute atomic E-state index is 0.00328. The van der Waals surface area contributed by atoms with E-state index in [0.29, 0.717) is 0 Å². The molecule has 0 spiro atoms. The predicted molar refractivity (Wildman–Crippen MR) is 95.5 cm³/mol. The SMILES string of the molecule is O=C(CSc1nnc(-c2ccccc2F)o1)Nc1cc(C(F)(F)F)ccc1Cl. The number of nitrogens with zero attached hydrogens (tertiary/aromatic N) is 2. The zero-order valence-electron chi connectivity index (χ0n) is 13.8. The van der Waals surface area contributed by atoms with Crippen LogP contribution in [0.4, 0.5) is 23.2 Å². The molecule has 1 N–H and O–H groups in total. The van der Waals surface area contributed by atoms with Crippen LogP contribution in [0.2, 0.25) is 5.02 Å². The van der Waals surface area contributed by atoms with Crippen molar-refractivity contribution < 1.29 is 26.8 Å². The summed E-state index contributed by atoms with van der Waals surface area (Å²) in [5.41, 5.74) is -0.993. The molecule has 0 aliphatic rings. The minimum Gasteiger partial charge on any atom is -0.411 e. The van der Waals surface area contributed by atoms with E-state index in [2.05, 4.69) is 15.5 Å². The third-order valence-corrected chi connectivity index (χ3v) is 4.55. The van der Waals surface area contributed by atoms with Crippen LogP contribution in [0.5, 0.6) is 0 Å². The van der Waals surface area contributed by atoms with Crippen LogP contribution in [0.1, 0.15) is 5.56 Å². The fourth-order valence-corrected chi connectivity index (χ4v) is 2.85. The van der Waals surface area contributed by atoms with E-state index in [1.54, 1.807) is 6.07 Å². The van der Waals surface area contributed by atoms with Gasteiger partial charge in [-0.25, -0.2) is 4.39 Å². The Morgan fingerprint density at radius 1 is 1.18 bits per heavy atom. The third-order valence-electron chi connectivity index (χ3n) is 3.41. The largest absolute Gasteiger partial charge is 0.416 e. The van der Waals surface area contributed by atoms with Gasteiger partial charge in [0.25, 0.3) is 11.1 Å². The van der Waals surface area contributed by atoms with Gasteiger partial charge in [-0.3, -0.25) is 4.79 Å². The van der Waals surface area contributed by atoms with Gasteiger partial charge < -0.3 is 9.73 Å². The van der Waals surface area contributed by atoms with E-state index in [-0.39, 0.29) is 33.1 Å². The van der Waals surface area contributed by atoms with Gasteiger partial charge in [-0.05, 0) is 30.3 Å². The zero-order valence-corrected chi connectivity index (χ0v) is 15.3. The lowest BCUT2D eigenvalue weighted by Gasteiger charge is -2.11. The summed E-state index contributed by atoms with van der Waals surface area (Å²) in [6, 6.07) is 8.41.